The van der Waals surface area contributed by atoms with Crippen molar-refractivity contribution >= 4 is 5.69 Å². The van der Waals surface area contributed by atoms with E-state index >= 15 is 0 Å². The maximum Gasteiger partial charge on any atom is 0.163 e. The summed E-state index contributed by atoms with van der Waals surface area (Å²) in [6.45, 7) is 2.40. The van der Waals surface area contributed by atoms with Crippen LogP contribution in [-0.4, -0.2) is 26.9 Å². The van der Waals surface area contributed by atoms with Gasteiger partial charge in [-0.25, -0.2) is 0 Å². The van der Waals surface area contributed by atoms with Crippen molar-refractivity contribution < 1.29 is 14.2 Å². The number of benzene rings is 1. The van der Waals surface area contributed by atoms with Crippen LogP contribution in [0.15, 0.2) is 18.2 Å². The van der Waals surface area contributed by atoms with Gasteiger partial charge in [-0.05, 0) is 19.1 Å². The highest BCUT2D eigenvalue weighted by molar-refractivity contribution is 5.51. The van der Waals surface area contributed by atoms with Crippen LogP contribution in [-0.2, 0) is 4.74 Å². The third kappa shape index (κ3) is 3.32. The second-order valence-electron chi connectivity index (χ2n) is 3.27. The van der Waals surface area contributed by atoms with E-state index in [9.17, 15) is 0 Å². The summed E-state index contributed by atoms with van der Waals surface area (Å²) < 4.78 is 15.8. The molecule has 0 fully saturated rings. The number of rotatable bonds is 5. The highest BCUT2D eigenvalue weighted by Crippen LogP contribution is 2.29. The molecule has 0 bridgehead atoms. The van der Waals surface area contributed by atoms with Gasteiger partial charge < -0.3 is 19.9 Å². The summed E-state index contributed by atoms with van der Waals surface area (Å²) in [7, 11) is 3.24. The number of ether oxygens (including phenoxy) is 3. The van der Waals surface area contributed by atoms with Gasteiger partial charge in [0.25, 0.3) is 0 Å². The molecule has 15 heavy (non-hydrogen) atoms. The SMILES string of the molecule is COc1ccc(N)cc1OCC(C)OC. The third-order valence-electron chi connectivity index (χ3n) is 2.06. The molecule has 1 aromatic rings. The average Bonchev–Trinajstić information content (AvgIpc) is 2.26. The zero-order valence-corrected chi connectivity index (χ0v) is 9.32. The quantitative estimate of drug-likeness (QED) is 0.753. The van der Waals surface area contributed by atoms with Crippen molar-refractivity contribution in [2.75, 3.05) is 26.6 Å². The summed E-state index contributed by atoms with van der Waals surface area (Å²) in [6.07, 6.45) is 0.0381. The van der Waals surface area contributed by atoms with Crippen molar-refractivity contribution in [2.45, 2.75) is 13.0 Å². The highest BCUT2D eigenvalue weighted by Gasteiger charge is 2.06. The minimum atomic E-state index is 0.0381. The number of nitrogen functional groups attached to an aromatic ring is 1. The molecule has 0 heterocycles. The fraction of sp³-hybridized carbons (Fsp3) is 0.455. The molecule has 0 aliphatic heterocycles. The van der Waals surface area contributed by atoms with E-state index in [4.69, 9.17) is 19.9 Å². The van der Waals surface area contributed by atoms with Gasteiger partial charge in [-0.15, -0.1) is 0 Å². The predicted molar refractivity (Wildman–Crippen MR) is 59.4 cm³/mol. The molecule has 1 rings (SSSR count). The molecule has 0 amide bonds. The van der Waals surface area contributed by atoms with Gasteiger partial charge in [0.15, 0.2) is 11.5 Å². The van der Waals surface area contributed by atoms with Gasteiger partial charge in [0.05, 0.1) is 13.2 Å². The molecule has 1 aromatic carbocycles. The van der Waals surface area contributed by atoms with E-state index < -0.39 is 0 Å². The maximum absolute atomic E-state index is 5.65. The molecular formula is C11H17NO3. The van der Waals surface area contributed by atoms with Gasteiger partial charge in [0.2, 0.25) is 0 Å². The maximum atomic E-state index is 5.65. The van der Waals surface area contributed by atoms with Crippen LogP contribution in [0.1, 0.15) is 6.92 Å². The van der Waals surface area contributed by atoms with E-state index in [-0.39, 0.29) is 6.10 Å². The molecule has 1 unspecified atom stereocenters. The molecule has 0 saturated carbocycles. The monoisotopic (exact) mass is 211 g/mol. The fourth-order valence-electron chi connectivity index (χ4n) is 1.08. The van der Waals surface area contributed by atoms with Gasteiger partial charge in [0.1, 0.15) is 6.61 Å². The van der Waals surface area contributed by atoms with E-state index in [2.05, 4.69) is 0 Å². The van der Waals surface area contributed by atoms with Gasteiger partial charge in [-0.1, -0.05) is 0 Å². The number of anilines is 1. The second-order valence-corrected chi connectivity index (χ2v) is 3.27. The van der Waals surface area contributed by atoms with Crippen molar-refractivity contribution in [2.24, 2.45) is 0 Å². The molecule has 4 nitrogen and oxygen atoms in total. The average molecular weight is 211 g/mol. The van der Waals surface area contributed by atoms with Crippen LogP contribution < -0.4 is 15.2 Å². The van der Waals surface area contributed by atoms with E-state index in [1.807, 2.05) is 6.92 Å². The van der Waals surface area contributed by atoms with Crippen molar-refractivity contribution in [1.82, 2.24) is 0 Å². The largest absolute Gasteiger partial charge is 0.493 e. The van der Waals surface area contributed by atoms with Crippen molar-refractivity contribution in [3.8, 4) is 11.5 Å². The van der Waals surface area contributed by atoms with Crippen LogP contribution in [0.5, 0.6) is 11.5 Å². The van der Waals surface area contributed by atoms with E-state index in [1.54, 1.807) is 32.4 Å². The lowest BCUT2D eigenvalue weighted by molar-refractivity contribution is 0.0706. The summed E-state index contributed by atoms with van der Waals surface area (Å²) in [5, 5.41) is 0. The summed E-state index contributed by atoms with van der Waals surface area (Å²) >= 11 is 0. The van der Waals surface area contributed by atoms with Crippen molar-refractivity contribution in [1.29, 1.82) is 0 Å². The molecule has 2 N–H and O–H groups in total. The number of nitrogens with two attached hydrogens (primary N) is 1. The molecule has 0 aliphatic rings. The van der Waals surface area contributed by atoms with Crippen LogP contribution in [0.25, 0.3) is 0 Å². The van der Waals surface area contributed by atoms with Crippen LogP contribution in [0.3, 0.4) is 0 Å². The van der Waals surface area contributed by atoms with Gasteiger partial charge in [-0.3, -0.25) is 0 Å². The first kappa shape index (κ1) is 11.7. The molecule has 0 saturated heterocycles. The molecule has 0 radical (unpaired) electrons. The normalized spacial score (nSPS) is 12.2. The molecule has 1 atom stereocenters. The van der Waals surface area contributed by atoms with Crippen LogP contribution >= 0.6 is 0 Å². The minimum Gasteiger partial charge on any atom is -0.493 e. The van der Waals surface area contributed by atoms with Gasteiger partial charge in [0, 0.05) is 18.9 Å². The Balaban J connectivity index is 2.69. The molecule has 84 valence electrons. The Kier molecular flexibility index (Phi) is 4.24. The first-order chi connectivity index (χ1) is 7.17. The Hall–Kier alpha value is -1.42. The first-order valence-electron chi connectivity index (χ1n) is 4.76. The lowest BCUT2D eigenvalue weighted by Crippen LogP contribution is -2.16. The molecule has 0 spiro atoms. The van der Waals surface area contributed by atoms with Crippen molar-refractivity contribution in [3.05, 3.63) is 18.2 Å². The minimum absolute atomic E-state index is 0.0381. The van der Waals surface area contributed by atoms with E-state index in [1.165, 1.54) is 0 Å². The summed E-state index contributed by atoms with van der Waals surface area (Å²) in [5.41, 5.74) is 6.30. The van der Waals surface area contributed by atoms with Crippen LogP contribution in [0.2, 0.25) is 0 Å². The lowest BCUT2D eigenvalue weighted by atomic mass is 10.3. The molecule has 4 heteroatoms. The van der Waals surface area contributed by atoms with Crippen molar-refractivity contribution in [3.63, 3.8) is 0 Å². The zero-order valence-electron chi connectivity index (χ0n) is 9.32. The second kappa shape index (κ2) is 5.46. The molecule has 0 aromatic heterocycles. The van der Waals surface area contributed by atoms with Crippen LogP contribution in [0.4, 0.5) is 5.69 Å². The molecule has 0 aliphatic carbocycles. The smallest absolute Gasteiger partial charge is 0.163 e. The van der Waals surface area contributed by atoms with Gasteiger partial charge >= 0.3 is 0 Å². The standard InChI is InChI=1S/C11H17NO3/c1-8(13-2)7-15-11-6-9(12)4-5-10(11)14-3/h4-6,8H,7,12H2,1-3H3. The highest BCUT2D eigenvalue weighted by atomic mass is 16.5. The summed E-state index contributed by atoms with van der Waals surface area (Å²) in [4.78, 5) is 0. The Labute approximate surface area is 89.9 Å². The lowest BCUT2D eigenvalue weighted by Gasteiger charge is -2.14. The third-order valence-corrected chi connectivity index (χ3v) is 2.06. The Morgan fingerprint density at radius 2 is 2.00 bits per heavy atom. The number of hydrogen-bond acceptors (Lipinski definition) is 4. The van der Waals surface area contributed by atoms with E-state index in [0.29, 0.717) is 23.8 Å². The summed E-state index contributed by atoms with van der Waals surface area (Å²) in [5.74, 6) is 1.31. The Morgan fingerprint density at radius 1 is 1.27 bits per heavy atom. The van der Waals surface area contributed by atoms with E-state index in [0.717, 1.165) is 0 Å². The fourth-order valence-corrected chi connectivity index (χ4v) is 1.08. The Bertz CT molecular complexity index is 315. The Morgan fingerprint density at radius 3 is 2.60 bits per heavy atom. The first-order valence-corrected chi connectivity index (χ1v) is 4.76. The predicted octanol–water partition coefficient (Wildman–Crippen LogP) is 1.69. The summed E-state index contributed by atoms with van der Waals surface area (Å²) in [6, 6.07) is 5.29. The number of hydrogen-bond donors (Lipinski definition) is 1. The van der Waals surface area contributed by atoms with Crippen LogP contribution in [0, 0.1) is 0 Å². The zero-order chi connectivity index (χ0) is 11.3. The topological polar surface area (TPSA) is 53.7 Å². The number of methoxy groups -OCH3 is 2. The molecular weight excluding hydrogens is 194 g/mol. The van der Waals surface area contributed by atoms with Gasteiger partial charge in [-0.2, -0.15) is 0 Å².